The van der Waals surface area contributed by atoms with Gasteiger partial charge in [0.25, 0.3) is 0 Å². The number of nitrogens with zero attached hydrogens (tertiary/aromatic N) is 2. The molecule has 2 atom stereocenters. The Balaban J connectivity index is 1.84. The number of carbonyl (C=O) groups excluding carboxylic acids is 1. The minimum atomic E-state index is -0.125. The lowest BCUT2D eigenvalue weighted by atomic mass is 10.1. The third-order valence-corrected chi connectivity index (χ3v) is 4.18. The van der Waals surface area contributed by atoms with Gasteiger partial charge in [0.2, 0.25) is 0 Å². The van der Waals surface area contributed by atoms with E-state index >= 15 is 0 Å². The Morgan fingerprint density at radius 2 is 2.18 bits per heavy atom. The summed E-state index contributed by atoms with van der Waals surface area (Å²) in [4.78, 5) is 14.5. The summed E-state index contributed by atoms with van der Waals surface area (Å²) in [6.07, 6.45) is 2.17. The van der Waals surface area contributed by atoms with Crippen LogP contribution < -0.4 is 10.6 Å². The Kier molecular flexibility index (Phi) is 5.79. The summed E-state index contributed by atoms with van der Waals surface area (Å²) in [5.74, 6) is 0. The van der Waals surface area contributed by atoms with Crippen LogP contribution in [0.4, 0.5) is 4.79 Å². The molecule has 5 nitrogen and oxygen atoms in total. The normalized spacial score (nSPS) is 20.0. The van der Waals surface area contributed by atoms with Crippen LogP contribution in [0.3, 0.4) is 0 Å². The maximum atomic E-state index is 12.1. The smallest absolute Gasteiger partial charge is 0.315 e. The Labute approximate surface area is 132 Å². The van der Waals surface area contributed by atoms with E-state index in [4.69, 9.17) is 5.26 Å². The zero-order valence-electron chi connectivity index (χ0n) is 13.3. The lowest BCUT2D eigenvalue weighted by Gasteiger charge is -2.32. The Bertz CT molecular complexity index is 535. The van der Waals surface area contributed by atoms with Crippen molar-refractivity contribution < 1.29 is 4.79 Å². The molecule has 1 aliphatic rings. The predicted octanol–water partition coefficient (Wildman–Crippen LogP) is 2.40. The minimum Gasteiger partial charge on any atom is -0.334 e. The molecule has 0 spiro atoms. The molecule has 2 rings (SSSR count). The number of urea groups is 1. The van der Waals surface area contributed by atoms with E-state index in [1.807, 2.05) is 19.1 Å². The highest BCUT2D eigenvalue weighted by molar-refractivity contribution is 5.74. The van der Waals surface area contributed by atoms with Crippen LogP contribution >= 0.6 is 0 Å². The number of hydrogen-bond acceptors (Lipinski definition) is 3. The van der Waals surface area contributed by atoms with E-state index in [0.29, 0.717) is 5.56 Å². The van der Waals surface area contributed by atoms with Crippen molar-refractivity contribution in [2.24, 2.45) is 0 Å². The van der Waals surface area contributed by atoms with E-state index in [2.05, 4.69) is 28.5 Å². The number of rotatable bonds is 4. The van der Waals surface area contributed by atoms with Crippen molar-refractivity contribution in [1.82, 2.24) is 15.5 Å². The van der Waals surface area contributed by atoms with Crippen molar-refractivity contribution in [2.75, 3.05) is 19.6 Å². The van der Waals surface area contributed by atoms with Crippen LogP contribution in [0.5, 0.6) is 0 Å². The fourth-order valence-corrected chi connectivity index (χ4v) is 2.81. The average molecular weight is 300 g/mol. The molecule has 0 bridgehead atoms. The number of nitrogens with one attached hydrogen (secondary N) is 2. The second-order valence-corrected chi connectivity index (χ2v) is 5.81. The zero-order valence-corrected chi connectivity index (χ0v) is 13.3. The van der Waals surface area contributed by atoms with Gasteiger partial charge in [0.15, 0.2) is 0 Å². The topological polar surface area (TPSA) is 68.2 Å². The van der Waals surface area contributed by atoms with Crippen LogP contribution in [-0.2, 0) is 0 Å². The first-order chi connectivity index (χ1) is 10.6. The quantitative estimate of drug-likeness (QED) is 0.897. The molecule has 5 heteroatoms. The number of nitriles is 1. The minimum absolute atomic E-state index is 0.0846. The van der Waals surface area contributed by atoms with Crippen LogP contribution in [-0.4, -0.2) is 36.6 Å². The summed E-state index contributed by atoms with van der Waals surface area (Å²) in [6.45, 7) is 7.17. The molecule has 0 aliphatic carbocycles. The lowest BCUT2D eigenvalue weighted by molar-refractivity contribution is 0.191. The van der Waals surface area contributed by atoms with Gasteiger partial charge in [0, 0.05) is 12.6 Å². The summed E-state index contributed by atoms with van der Waals surface area (Å²) < 4.78 is 0. The zero-order chi connectivity index (χ0) is 15.9. The van der Waals surface area contributed by atoms with E-state index in [9.17, 15) is 4.79 Å². The van der Waals surface area contributed by atoms with Crippen LogP contribution in [0.1, 0.15) is 43.9 Å². The van der Waals surface area contributed by atoms with Gasteiger partial charge >= 0.3 is 6.03 Å². The third kappa shape index (κ3) is 4.47. The summed E-state index contributed by atoms with van der Waals surface area (Å²) >= 11 is 0. The van der Waals surface area contributed by atoms with Gasteiger partial charge in [-0.1, -0.05) is 19.1 Å². The molecule has 1 fully saturated rings. The highest BCUT2D eigenvalue weighted by atomic mass is 16.2. The number of benzene rings is 1. The molecular formula is C17H24N4O. The Morgan fingerprint density at radius 1 is 1.45 bits per heavy atom. The van der Waals surface area contributed by atoms with E-state index in [1.165, 1.54) is 0 Å². The van der Waals surface area contributed by atoms with Crippen molar-refractivity contribution >= 4 is 6.03 Å². The monoisotopic (exact) mass is 300 g/mol. The molecular weight excluding hydrogens is 276 g/mol. The van der Waals surface area contributed by atoms with Gasteiger partial charge in [0.05, 0.1) is 17.7 Å². The second kappa shape index (κ2) is 7.81. The molecule has 1 heterocycles. The standard InChI is InChI=1S/C17H24N4O/c1-3-21-10-4-5-16(12-21)20-17(22)19-13(2)15-8-6-14(11-18)7-9-15/h6-9,13,16H,3-5,10,12H2,1-2H3,(H2,19,20,22)/t13-,16-/m0/s1. The summed E-state index contributed by atoms with van der Waals surface area (Å²) in [5, 5.41) is 14.8. The van der Waals surface area contributed by atoms with Crippen LogP contribution in [0.25, 0.3) is 0 Å². The fraction of sp³-hybridized carbons (Fsp3) is 0.529. The molecule has 2 amide bonds. The van der Waals surface area contributed by atoms with Gasteiger partial charge in [-0.3, -0.25) is 0 Å². The van der Waals surface area contributed by atoms with Gasteiger partial charge in [-0.25, -0.2) is 4.79 Å². The summed E-state index contributed by atoms with van der Waals surface area (Å²) in [7, 11) is 0. The van der Waals surface area contributed by atoms with Crippen molar-refractivity contribution in [3.63, 3.8) is 0 Å². The molecule has 1 aromatic carbocycles. The van der Waals surface area contributed by atoms with Crippen LogP contribution in [0.2, 0.25) is 0 Å². The predicted molar refractivity (Wildman–Crippen MR) is 86.4 cm³/mol. The highest BCUT2D eigenvalue weighted by Crippen LogP contribution is 2.13. The molecule has 0 aromatic heterocycles. The molecule has 1 aromatic rings. The molecule has 0 unspecified atom stereocenters. The van der Waals surface area contributed by atoms with E-state index in [0.717, 1.165) is 38.0 Å². The lowest BCUT2D eigenvalue weighted by Crippen LogP contribution is -2.50. The third-order valence-electron chi connectivity index (χ3n) is 4.18. The SMILES string of the molecule is CCN1CCC[C@H](NC(=O)N[C@@H](C)c2ccc(C#N)cc2)C1. The Hall–Kier alpha value is -2.06. The molecule has 2 N–H and O–H groups in total. The fourth-order valence-electron chi connectivity index (χ4n) is 2.81. The number of amides is 2. The number of likely N-dealkylation sites (tertiary alicyclic amines) is 1. The Morgan fingerprint density at radius 3 is 2.82 bits per heavy atom. The van der Waals surface area contributed by atoms with Crippen molar-refractivity contribution in [2.45, 2.75) is 38.8 Å². The first kappa shape index (κ1) is 16.3. The van der Waals surface area contributed by atoms with Gasteiger partial charge < -0.3 is 15.5 Å². The van der Waals surface area contributed by atoms with Crippen LogP contribution in [0, 0.1) is 11.3 Å². The molecule has 22 heavy (non-hydrogen) atoms. The second-order valence-electron chi connectivity index (χ2n) is 5.81. The number of carbonyl (C=O) groups is 1. The van der Waals surface area contributed by atoms with E-state index < -0.39 is 0 Å². The summed E-state index contributed by atoms with van der Waals surface area (Å²) in [5.41, 5.74) is 1.62. The largest absolute Gasteiger partial charge is 0.334 e. The van der Waals surface area contributed by atoms with Crippen LogP contribution in [0.15, 0.2) is 24.3 Å². The summed E-state index contributed by atoms with van der Waals surface area (Å²) in [6, 6.07) is 9.40. The van der Waals surface area contributed by atoms with Gasteiger partial charge in [-0.05, 0) is 50.6 Å². The number of piperidine rings is 1. The van der Waals surface area contributed by atoms with Crippen molar-refractivity contribution in [3.05, 3.63) is 35.4 Å². The number of hydrogen-bond donors (Lipinski definition) is 2. The van der Waals surface area contributed by atoms with E-state index in [1.54, 1.807) is 12.1 Å². The van der Waals surface area contributed by atoms with Gasteiger partial charge in [0.1, 0.15) is 0 Å². The maximum absolute atomic E-state index is 12.1. The highest BCUT2D eigenvalue weighted by Gasteiger charge is 2.20. The molecule has 0 radical (unpaired) electrons. The first-order valence-corrected chi connectivity index (χ1v) is 7.91. The maximum Gasteiger partial charge on any atom is 0.315 e. The molecule has 0 saturated carbocycles. The molecule has 1 saturated heterocycles. The molecule has 1 aliphatic heterocycles. The molecule has 118 valence electrons. The first-order valence-electron chi connectivity index (χ1n) is 7.91. The van der Waals surface area contributed by atoms with Crippen molar-refractivity contribution in [1.29, 1.82) is 5.26 Å². The van der Waals surface area contributed by atoms with Crippen molar-refractivity contribution in [3.8, 4) is 6.07 Å². The average Bonchev–Trinajstić information content (AvgIpc) is 2.55. The van der Waals surface area contributed by atoms with Gasteiger partial charge in [-0.2, -0.15) is 5.26 Å². The van der Waals surface area contributed by atoms with Gasteiger partial charge in [-0.15, -0.1) is 0 Å². The number of likely N-dealkylation sites (N-methyl/N-ethyl adjacent to an activating group) is 1. The van der Waals surface area contributed by atoms with E-state index in [-0.39, 0.29) is 18.1 Å².